The van der Waals surface area contributed by atoms with Crippen molar-refractivity contribution < 1.29 is 42.5 Å². The van der Waals surface area contributed by atoms with Gasteiger partial charge in [0.05, 0.1) is 30.3 Å². The van der Waals surface area contributed by atoms with E-state index < -0.39 is 24.2 Å². The van der Waals surface area contributed by atoms with Gasteiger partial charge in [-0.1, -0.05) is 47.6 Å². The number of nitrogens with zero attached hydrogens (tertiary/aromatic N) is 6. The molecule has 0 saturated carbocycles. The van der Waals surface area contributed by atoms with Gasteiger partial charge in [-0.25, -0.2) is 14.8 Å². The molecule has 0 radical (unpaired) electrons. The molecule has 5 rings (SSSR count). The Morgan fingerprint density at radius 1 is 1.02 bits per heavy atom. The average Bonchev–Trinajstić information content (AvgIpc) is 3.88. The summed E-state index contributed by atoms with van der Waals surface area (Å²) in [6.07, 6.45) is -3.30. The van der Waals surface area contributed by atoms with Crippen LogP contribution in [0.25, 0.3) is 21.7 Å². The lowest BCUT2D eigenvalue weighted by atomic mass is 9.96. The van der Waals surface area contributed by atoms with Gasteiger partial charge in [-0.2, -0.15) is 23.7 Å². The van der Waals surface area contributed by atoms with Crippen molar-refractivity contribution in [2.45, 2.75) is 49.2 Å². The van der Waals surface area contributed by atoms with Crippen LogP contribution in [0.15, 0.2) is 58.9 Å². The number of carboxylic acid groups (broad SMARTS) is 2. The number of halogens is 4. The van der Waals surface area contributed by atoms with E-state index in [0.717, 1.165) is 42.2 Å². The molecule has 294 valence electrons. The average molecular weight is 830 g/mol. The summed E-state index contributed by atoms with van der Waals surface area (Å²) >= 11 is 9.00. The van der Waals surface area contributed by atoms with E-state index in [1.807, 2.05) is 29.6 Å². The van der Waals surface area contributed by atoms with Crippen molar-refractivity contribution in [1.29, 1.82) is 10.5 Å². The Kier molecular flexibility index (Phi) is 15.4. The van der Waals surface area contributed by atoms with E-state index in [1.165, 1.54) is 28.0 Å². The molecule has 56 heavy (non-hydrogen) atoms. The van der Waals surface area contributed by atoms with Gasteiger partial charge < -0.3 is 30.5 Å². The van der Waals surface area contributed by atoms with Crippen molar-refractivity contribution in [3.05, 3.63) is 75.8 Å². The number of thioether (sulfide) groups is 1. The first kappa shape index (κ1) is 43.3. The number of alkyl halides is 3. The van der Waals surface area contributed by atoms with Gasteiger partial charge in [0.15, 0.2) is 0 Å². The Balaban J connectivity index is 0.000000908. The summed E-state index contributed by atoms with van der Waals surface area (Å²) in [6, 6.07) is 18.5. The van der Waals surface area contributed by atoms with Crippen LogP contribution in [0, 0.1) is 22.7 Å². The molecule has 0 unspecified atom stereocenters. The summed E-state index contributed by atoms with van der Waals surface area (Å²) in [5.74, 6) is -2.56. The monoisotopic (exact) mass is 829 g/mol. The fourth-order valence-corrected chi connectivity index (χ4v) is 7.33. The van der Waals surface area contributed by atoms with Crippen LogP contribution in [0.1, 0.15) is 43.0 Å². The molecule has 13 nitrogen and oxygen atoms in total. The number of anilines is 1. The molecule has 1 amide bonds. The van der Waals surface area contributed by atoms with E-state index in [4.69, 9.17) is 47.0 Å². The normalized spacial score (nSPS) is 12.8. The summed E-state index contributed by atoms with van der Waals surface area (Å²) in [5.41, 5.74) is 9.40. The fraction of sp³-hybridized carbons (Fsp3) is 0.324. The van der Waals surface area contributed by atoms with E-state index in [0.29, 0.717) is 49.6 Å². The van der Waals surface area contributed by atoms with Crippen molar-refractivity contribution in [2.75, 3.05) is 37.7 Å². The second kappa shape index (κ2) is 20.0. The van der Waals surface area contributed by atoms with Gasteiger partial charge >= 0.3 is 18.1 Å². The van der Waals surface area contributed by atoms with Crippen molar-refractivity contribution in [2.24, 2.45) is 5.73 Å². The Morgan fingerprint density at radius 2 is 1.62 bits per heavy atom. The van der Waals surface area contributed by atoms with Crippen molar-refractivity contribution in [1.82, 2.24) is 14.9 Å². The first-order valence-corrected chi connectivity index (χ1v) is 19.1. The third-order valence-electron chi connectivity index (χ3n) is 8.09. The Morgan fingerprint density at radius 3 is 2.18 bits per heavy atom. The number of nitrogens with two attached hydrogens (primary N) is 1. The van der Waals surface area contributed by atoms with Crippen LogP contribution in [0.5, 0.6) is 5.75 Å². The van der Waals surface area contributed by atoms with Crippen LogP contribution in [0.3, 0.4) is 0 Å². The quantitative estimate of drug-likeness (QED) is 0.112. The summed E-state index contributed by atoms with van der Waals surface area (Å²) in [4.78, 5) is 45.6. The molecule has 2 aromatic heterocycles. The van der Waals surface area contributed by atoms with Crippen LogP contribution in [-0.2, 0) is 20.1 Å². The van der Waals surface area contributed by atoms with Crippen LogP contribution in [0.4, 0.5) is 19.0 Å². The second-order valence-corrected chi connectivity index (χ2v) is 14.4. The van der Waals surface area contributed by atoms with Gasteiger partial charge in [0.25, 0.3) is 0 Å². The molecule has 0 spiro atoms. The molecule has 4 aromatic rings. The molecule has 2 aromatic carbocycles. The number of pyridine rings is 1. The summed E-state index contributed by atoms with van der Waals surface area (Å²) in [7, 11) is 0. The smallest absolute Gasteiger partial charge is 0.490 e. The molecule has 19 heteroatoms. The minimum absolute atomic E-state index is 0.0274. The zero-order valence-corrected chi connectivity index (χ0v) is 32.1. The lowest BCUT2D eigenvalue weighted by Gasteiger charge is -2.24. The van der Waals surface area contributed by atoms with Crippen molar-refractivity contribution in [3.63, 3.8) is 0 Å². The summed E-state index contributed by atoms with van der Waals surface area (Å²) in [6.45, 7) is 3.41. The number of carboxylic acids is 2. The van der Waals surface area contributed by atoms with E-state index in [2.05, 4.69) is 17.0 Å². The van der Waals surface area contributed by atoms with Gasteiger partial charge in [0.1, 0.15) is 45.9 Å². The lowest BCUT2D eigenvalue weighted by Crippen LogP contribution is -2.44. The number of carbonyl (C=O) groups is 3. The number of rotatable bonds is 14. The number of benzene rings is 2. The van der Waals surface area contributed by atoms with Crippen LogP contribution < -0.4 is 15.4 Å². The highest BCUT2D eigenvalue weighted by atomic mass is 35.5. The maximum Gasteiger partial charge on any atom is 0.490 e. The highest BCUT2D eigenvalue weighted by Gasteiger charge is 2.38. The number of aromatic nitrogens is 2. The number of nitriles is 2. The Labute approximate surface area is 333 Å². The van der Waals surface area contributed by atoms with Gasteiger partial charge in [0, 0.05) is 46.9 Å². The number of amides is 1. The number of hydrogen-bond donors (Lipinski definition) is 3. The molecule has 0 aliphatic carbocycles. The molecule has 1 aliphatic rings. The number of carbonyl (C=O) groups excluding carboxylic acids is 1. The largest absolute Gasteiger partial charge is 0.492 e. The van der Waals surface area contributed by atoms with Gasteiger partial charge in [-0.15, -0.1) is 11.3 Å². The molecule has 0 bridgehead atoms. The summed E-state index contributed by atoms with van der Waals surface area (Å²) < 4.78 is 37.6. The molecule has 1 atom stereocenters. The fourth-order valence-electron chi connectivity index (χ4n) is 5.40. The minimum Gasteiger partial charge on any atom is -0.492 e. The molecule has 3 heterocycles. The maximum atomic E-state index is 12.5. The Bertz CT molecular complexity index is 2100. The van der Waals surface area contributed by atoms with E-state index in [1.54, 1.807) is 31.2 Å². The van der Waals surface area contributed by atoms with Gasteiger partial charge in [0.2, 0.25) is 5.91 Å². The number of ether oxygens (including phenoxy) is 1. The third kappa shape index (κ3) is 11.8. The second-order valence-electron chi connectivity index (χ2n) is 12.2. The van der Waals surface area contributed by atoms with Crippen molar-refractivity contribution >= 4 is 58.4 Å². The third-order valence-corrected chi connectivity index (χ3v) is 10.3. The minimum atomic E-state index is -5.08. The van der Waals surface area contributed by atoms with Crippen LogP contribution in [-0.4, -0.2) is 87.9 Å². The van der Waals surface area contributed by atoms with Gasteiger partial charge in [-0.3, -0.25) is 9.59 Å². The maximum absolute atomic E-state index is 12.5. The van der Waals surface area contributed by atoms with Crippen LogP contribution in [0.2, 0.25) is 5.02 Å². The van der Waals surface area contributed by atoms with E-state index in [-0.39, 0.29) is 32.0 Å². The number of aliphatic carboxylic acids is 2. The highest BCUT2D eigenvalue weighted by molar-refractivity contribution is 7.98. The molecular formula is C37H35ClF3N7O6S2. The van der Waals surface area contributed by atoms with E-state index in [9.17, 15) is 33.3 Å². The zero-order valence-electron chi connectivity index (χ0n) is 29.8. The SMILES string of the molecule is C[C@H](N)C(=O)N(CCOc1ccc(-c2c(C#N)c(SCc3csc(-c4ccc(Cl)cc4)n3)nc(N3CCCC3)c2C#N)cc1)CCC(=O)O.O=C(O)C(F)(F)F. The molecule has 1 fully saturated rings. The highest BCUT2D eigenvalue weighted by Crippen LogP contribution is 2.40. The van der Waals surface area contributed by atoms with Crippen LogP contribution >= 0.6 is 34.7 Å². The topological polar surface area (TPSA) is 207 Å². The predicted octanol–water partition coefficient (Wildman–Crippen LogP) is 6.82. The summed E-state index contributed by atoms with van der Waals surface area (Å²) in [5, 5.41) is 41.1. The molecule has 1 aliphatic heterocycles. The zero-order chi connectivity index (χ0) is 41.0. The van der Waals surface area contributed by atoms with Crippen molar-refractivity contribution in [3.8, 4) is 39.6 Å². The Hall–Kier alpha value is -5.40. The molecule has 1 saturated heterocycles. The molecular weight excluding hydrogens is 795 g/mol. The first-order valence-electron chi connectivity index (χ1n) is 16.9. The van der Waals surface area contributed by atoms with E-state index >= 15 is 0 Å². The first-order chi connectivity index (χ1) is 26.6. The standard InChI is InChI=1S/C35H34ClN7O4S2.C2HF3O2/c1-22(39)35(46)43(15-12-30(44)45)16-17-47-27-10-6-23(7-11-27)31-28(18-37)32(42-13-2-3-14-42)41-34(29(31)19-38)49-21-26-20-48-33(40-26)24-4-8-25(36)9-5-24;3-2(4,5)1(6)7/h4-11,20,22H,2-3,12-17,21,39H2,1H3,(H,44,45);(H,6,7)/t22-;/m0./s1. The predicted molar refractivity (Wildman–Crippen MR) is 204 cm³/mol. The van der Waals surface area contributed by atoms with Gasteiger partial charge in [-0.05, 0) is 49.6 Å². The lowest BCUT2D eigenvalue weighted by molar-refractivity contribution is -0.192. The molecule has 4 N–H and O–H groups in total. The number of hydrogen-bond acceptors (Lipinski definition) is 12. The number of thiazole rings is 1.